The van der Waals surface area contributed by atoms with Crippen molar-refractivity contribution in [3.8, 4) is 11.1 Å². The van der Waals surface area contributed by atoms with E-state index < -0.39 is 0 Å². The van der Waals surface area contributed by atoms with Crippen molar-refractivity contribution in [1.82, 2.24) is 0 Å². The van der Waals surface area contributed by atoms with Crippen LogP contribution in [0.5, 0.6) is 0 Å². The SMILES string of the molecule is Cc1ccccc1N1B2c3cc(C(C)(C)C)cc4c3N(c3cc5sc6ccccc6c5c(c32)-c2ccc3sc5ccccc5c3c21)C1(C)CCCCC41C. The van der Waals surface area contributed by atoms with Crippen molar-refractivity contribution in [2.75, 3.05) is 9.71 Å². The van der Waals surface area contributed by atoms with Crippen LogP contribution in [0, 0.1) is 6.92 Å². The molecule has 2 unspecified atom stereocenters. The van der Waals surface area contributed by atoms with Crippen LogP contribution in [0.15, 0.2) is 103 Å². The summed E-state index contributed by atoms with van der Waals surface area (Å²) in [5.74, 6) is 0. The van der Waals surface area contributed by atoms with E-state index in [0.29, 0.717) is 0 Å². The zero-order valence-corrected chi connectivity index (χ0v) is 33.6. The fourth-order valence-corrected chi connectivity index (χ4v) is 13.7. The first kappa shape index (κ1) is 31.7. The number of hydrogen-bond donors (Lipinski definition) is 0. The third kappa shape index (κ3) is 3.74. The van der Waals surface area contributed by atoms with E-state index in [-0.39, 0.29) is 23.2 Å². The first-order valence-corrected chi connectivity index (χ1v) is 21.5. The van der Waals surface area contributed by atoms with Crippen LogP contribution >= 0.6 is 22.7 Å². The summed E-state index contributed by atoms with van der Waals surface area (Å²) in [6, 6.07) is 40.2. The maximum atomic E-state index is 2.90. The Morgan fingerprint density at radius 2 is 1.35 bits per heavy atom. The lowest BCUT2D eigenvalue weighted by Crippen LogP contribution is -2.64. The van der Waals surface area contributed by atoms with Crippen molar-refractivity contribution in [2.45, 2.75) is 83.6 Å². The summed E-state index contributed by atoms with van der Waals surface area (Å²) in [6.45, 7) is 14.8. The van der Waals surface area contributed by atoms with Gasteiger partial charge in [0.15, 0.2) is 0 Å². The van der Waals surface area contributed by atoms with E-state index in [1.165, 1.54) is 122 Å². The highest BCUT2D eigenvalue weighted by Gasteiger charge is 2.62. The van der Waals surface area contributed by atoms with Crippen molar-refractivity contribution in [1.29, 1.82) is 0 Å². The summed E-state index contributed by atoms with van der Waals surface area (Å²) < 4.78 is 5.48. The van der Waals surface area contributed by atoms with E-state index in [1.54, 1.807) is 5.56 Å². The Kier molecular flexibility index (Phi) is 6.10. The standard InChI is InChI=1S/C49H43BN2S2/c1-28-15-7-10-18-35(28)52-45-32(21-22-39-42(45)31-17-9-12-20-38(31)53-39)43-41-30-16-8-11-19-37(30)54-40(41)27-36-44(43)50(52)34-26-29(47(2,3)4)25-33-46(34)51(36)49(6)24-14-13-23-48(33,49)5/h7-12,15-22,25-27H,13-14,23-24H2,1-6H3. The molecule has 0 N–H and O–H groups in total. The van der Waals surface area contributed by atoms with Crippen LogP contribution < -0.4 is 20.6 Å². The van der Waals surface area contributed by atoms with Gasteiger partial charge < -0.3 is 9.71 Å². The summed E-state index contributed by atoms with van der Waals surface area (Å²) >= 11 is 3.91. The highest BCUT2D eigenvalue weighted by Crippen LogP contribution is 2.64. The number of hydrogen-bond acceptors (Lipinski definition) is 4. The quantitative estimate of drug-likeness (QED) is 0.155. The molecule has 1 aliphatic carbocycles. The second-order valence-electron chi connectivity index (χ2n) is 18.0. The number of fused-ring (bicyclic) bond motifs is 15. The molecule has 1 saturated carbocycles. The molecule has 54 heavy (non-hydrogen) atoms. The van der Waals surface area contributed by atoms with Gasteiger partial charge in [-0.05, 0) is 95.6 Å². The lowest BCUT2D eigenvalue weighted by Gasteiger charge is -2.53. The number of para-hydroxylation sites is 1. The lowest BCUT2D eigenvalue weighted by molar-refractivity contribution is 0.195. The predicted molar refractivity (Wildman–Crippen MR) is 238 cm³/mol. The average molecular weight is 735 g/mol. The highest BCUT2D eigenvalue weighted by molar-refractivity contribution is 7.26. The summed E-state index contributed by atoms with van der Waals surface area (Å²) in [6.07, 6.45) is 4.98. The maximum absolute atomic E-state index is 2.90. The maximum Gasteiger partial charge on any atom is 0.333 e. The molecule has 2 nitrogen and oxygen atoms in total. The smallest absolute Gasteiger partial charge is 0.333 e. The molecule has 5 heterocycles. The van der Waals surface area contributed by atoms with E-state index in [1.807, 2.05) is 22.7 Å². The molecular weight excluding hydrogens is 691 g/mol. The number of rotatable bonds is 1. The first-order chi connectivity index (χ1) is 26.1. The number of benzene rings is 6. The number of thiophene rings is 2. The third-order valence-electron chi connectivity index (χ3n) is 14.3. The van der Waals surface area contributed by atoms with Crippen molar-refractivity contribution in [3.63, 3.8) is 0 Å². The van der Waals surface area contributed by atoms with Gasteiger partial charge in [-0.15, -0.1) is 22.7 Å². The minimum absolute atomic E-state index is 0.00783. The lowest BCUT2D eigenvalue weighted by atomic mass is 9.42. The minimum atomic E-state index is -0.0246. The van der Waals surface area contributed by atoms with Gasteiger partial charge >= 0.3 is 6.85 Å². The Morgan fingerprint density at radius 1 is 0.667 bits per heavy atom. The van der Waals surface area contributed by atoms with E-state index in [4.69, 9.17) is 0 Å². The summed E-state index contributed by atoms with van der Waals surface area (Å²) in [4.78, 5) is 5.71. The summed E-state index contributed by atoms with van der Waals surface area (Å²) in [7, 11) is 0. The van der Waals surface area contributed by atoms with Crippen LogP contribution in [-0.2, 0) is 10.8 Å². The summed E-state index contributed by atoms with van der Waals surface area (Å²) in [5.41, 5.74) is 15.7. The number of nitrogens with zero attached hydrogens (tertiary/aromatic N) is 2. The van der Waals surface area contributed by atoms with Gasteiger partial charge in [-0.2, -0.15) is 0 Å². The Labute approximate surface area is 326 Å². The van der Waals surface area contributed by atoms with Crippen LogP contribution in [0.25, 0.3) is 51.5 Å². The van der Waals surface area contributed by atoms with Gasteiger partial charge in [-0.3, -0.25) is 0 Å². The number of aryl methyl sites for hydroxylation is 1. The normalized spacial score (nSPS) is 21.3. The second kappa shape index (κ2) is 10.4. The molecule has 12 rings (SSSR count). The molecule has 3 aliphatic heterocycles. The van der Waals surface area contributed by atoms with Gasteiger partial charge in [0.25, 0.3) is 0 Å². The molecule has 4 aliphatic rings. The molecule has 0 bridgehead atoms. The van der Waals surface area contributed by atoms with E-state index in [2.05, 4.69) is 154 Å². The van der Waals surface area contributed by atoms with Crippen molar-refractivity contribution < 1.29 is 0 Å². The van der Waals surface area contributed by atoms with Crippen molar-refractivity contribution in [3.05, 3.63) is 120 Å². The molecule has 0 amide bonds. The fraction of sp³-hybridized carbons (Fsp3) is 0.265. The van der Waals surface area contributed by atoms with Crippen LogP contribution in [0.1, 0.15) is 77.0 Å². The Balaban J connectivity index is 1.35. The van der Waals surface area contributed by atoms with Gasteiger partial charge in [0.05, 0.1) is 5.54 Å². The molecule has 6 aromatic carbocycles. The van der Waals surface area contributed by atoms with Crippen molar-refractivity contribution in [2.24, 2.45) is 0 Å². The van der Waals surface area contributed by atoms with E-state index in [9.17, 15) is 0 Å². The Bertz CT molecular complexity index is 2960. The number of anilines is 4. The van der Waals surface area contributed by atoms with E-state index >= 15 is 0 Å². The zero-order chi connectivity index (χ0) is 36.5. The molecule has 0 radical (unpaired) electrons. The minimum Gasteiger partial charge on any atom is -0.376 e. The third-order valence-corrected chi connectivity index (χ3v) is 16.5. The molecular formula is C49H43BN2S2. The van der Waals surface area contributed by atoms with Crippen molar-refractivity contribution >= 4 is 104 Å². The van der Waals surface area contributed by atoms with Crippen LogP contribution in [0.2, 0.25) is 0 Å². The molecule has 2 aromatic heterocycles. The van der Waals surface area contributed by atoms with Gasteiger partial charge in [0, 0.05) is 74.1 Å². The van der Waals surface area contributed by atoms with Crippen LogP contribution in [0.3, 0.4) is 0 Å². The molecule has 2 atom stereocenters. The average Bonchev–Trinajstić information content (AvgIpc) is 3.79. The largest absolute Gasteiger partial charge is 0.376 e. The molecule has 0 saturated heterocycles. The zero-order valence-electron chi connectivity index (χ0n) is 31.9. The molecule has 0 spiro atoms. The predicted octanol–water partition coefficient (Wildman–Crippen LogP) is 13.0. The summed E-state index contributed by atoms with van der Waals surface area (Å²) in [5, 5.41) is 5.55. The molecule has 1 fully saturated rings. The topological polar surface area (TPSA) is 6.48 Å². The monoisotopic (exact) mass is 734 g/mol. The molecule has 8 aromatic rings. The second-order valence-corrected chi connectivity index (χ2v) is 20.2. The van der Waals surface area contributed by atoms with Gasteiger partial charge in [-0.1, -0.05) is 113 Å². The van der Waals surface area contributed by atoms with Crippen LogP contribution in [-0.4, -0.2) is 12.4 Å². The van der Waals surface area contributed by atoms with E-state index in [0.717, 1.165) is 0 Å². The van der Waals surface area contributed by atoms with Gasteiger partial charge in [0.2, 0.25) is 0 Å². The van der Waals surface area contributed by atoms with Crippen LogP contribution in [0.4, 0.5) is 22.7 Å². The van der Waals surface area contributed by atoms with Gasteiger partial charge in [-0.25, -0.2) is 0 Å². The molecule has 5 heteroatoms. The Morgan fingerprint density at radius 3 is 2.11 bits per heavy atom. The first-order valence-electron chi connectivity index (χ1n) is 19.9. The molecule has 264 valence electrons. The fourth-order valence-electron chi connectivity index (χ4n) is 11.4. The highest BCUT2D eigenvalue weighted by atomic mass is 32.1. The van der Waals surface area contributed by atoms with Gasteiger partial charge in [0.1, 0.15) is 0 Å². The Hall–Kier alpha value is -4.58.